The van der Waals surface area contributed by atoms with Gasteiger partial charge < -0.3 is 19.9 Å². The van der Waals surface area contributed by atoms with Crippen molar-refractivity contribution in [3.63, 3.8) is 0 Å². The van der Waals surface area contributed by atoms with Crippen LogP contribution in [0, 0.1) is 0 Å². The van der Waals surface area contributed by atoms with Gasteiger partial charge in [-0.05, 0) is 19.9 Å². The SMILES string of the molecule is CC1(C)OC2C(COS(=O)(=O)C(F)(F)F)OC([n+]3cccc(C(N)=O)c3)C2O1. The summed E-state index contributed by atoms with van der Waals surface area (Å²) in [7, 11) is -5.79. The van der Waals surface area contributed by atoms with Gasteiger partial charge in [0.25, 0.3) is 12.1 Å². The molecule has 156 valence electrons. The van der Waals surface area contributed by atoms with Crippen LogP contribution in [0.4, 0.5) is 13.2 Å². The molecule has 0 bridgehead atoms. The average molecular weight is 427 g/mol. The van der Waals surface area contributed by atoms with Gasteiger partial charge in [0.05, 0.1) is 6.61 Å². The second kappa shape index (κ2) is 6.91. The molecule has 9 nitrogen and oxygen atoms in total. The van der Waals surface area contributed by atoms with E-state index in [2.05, 4.69) is 4.18 Å². The third-order valence-corrected chi connectivity index (χ3v) is 5.21. The normalized spacial score (nSPS) is 29.6. The Hall–Kier alpha value is -1.80. The van der Waals surface area contributed by atoms with Crippen LogP contribution in [0.2, 0.25) is 0 Å². The number of nitrogens with zero attached hydrogens (tertiary/aromatic N) is 1. The molecule has 4 atom stereocenters. The second-order valence-electron chi connectivity index (χ2n) is 6.72. The summed E-state index contributed by atoms with van der Waals surface area (Å²) >= 11 is 0. The smallest absolute Gasteiger partial charge is 0.365 e. The van der Waals surface area contributed by atoms with Crippen molar-refractivity contribution in [2.75, 3.05) is 6.61 Å². The largest absolute Gasteiger partial charge is 0.523 e. The van der Waals surface area contributed by atoms with Crippen LogP contribution in [0.5, 0.6) is 0 Å². The standard InChI is InChI=1S/C15H17F3N2O7S/c1-14(2)26-10-9(7-24-28(22,23)15(16,17)18)25-13(11(10)27-14)20-5-3-4-8(6-20)12(19)21/h3-6,9-11,13H,7H2,1-2H3,(H-,19,21)/p+1. The maximum Gasteiger partial charge on any atom is 0.523 e. The Labute approximate surface area is 158 Å². The molecular weight excluding hydrogens is 409 g/mol. The molecule has 13 heteroatoms. The van der Waals surface area contributed by atoms with Crippen molar-refractivity contribution in [3.05, 3.63) is 30.1 Å². The molecule has 2 saturated heterocycles. The summed E-state index contributed by atoms with van der Waals surface area (Å²) in [6.07, 6.45) is -0.835. The van der Waals surface area contributed by atoms with Gasteiger partial charge in [0.15, 0.2) is 24.3 Å². The fourth-order valence-electron chi connectivity index (χ4n) is 3.05. The van der Waals surface area contributed by atoms with Crippen molar-refractivity contribution in [3.8, 4) is 0 Å². The van der Waals surface area contributed by atoms with E-state index < -0.39 is 58.5 Å². The molecular formula is C15H18F3N2O7S+. The Bertz CT molecular complexity index is 875. The van der Waals surface area contributed by atoms with E-state index in [1.54, 1.807) is 20.0 Å². The van der Waals surface area contributed by atoms with E-state index in [0.717, 1.165) is 0 Å². The third kappa shape index (κ3) is 3.98. The zero-order valence-electron chi connectivity index (χ0n) is 14.8. The van der Waals surface area contributed by atoms with Gasteiger partial charge in [0.1, 0.15) is 17.8 Å². The van der Waals surface area contributed by atoms with Gasteiger partial charge in [-0.25, -0.2) is 0 Å². The molecule has 28 heavy (non-hydrogen) atoms. The zero-order chi connectivity index (χ0) is 20.9. The van der Waals surface area contributed by atoms with Crippen LogP contribution in [0.3, 0.4) is 0 Å². The Morgan fingerprint density at radius 2 is 1.96 bits per heavy atom. The molecule has 1 aromatic rings. The molecule has 0 aromatic carbocycles. The topological polar surface area (TPSA) is 118 Å². The van der Waals surface area contributed by atoms with Gasteiger partial charge in [-0.2, -0.15) is 26.2 Å². The molecule has 3 heterocycles. The first-order valence-electron chi connectivity index (χ1n) is 8.08. The molecule has 0 saturated carbocycles. The minimum absolute atomic E-state index is 0.167. The first kappa shape index (κ1) is 20.9. The van der Waals surface area contributed by atoms with Crippen molar-refractivity contribution in [2.24, 2.45) is 5.73 Å². The summed E-state index contributed by atoms with van der Waals surface area (Å²) in [6, 6.07) is 3.00. The molecule has 1 amide bonds. The minimum atomic E-state index is -5.79. The quantitative estimate of drug-likeness (QED) is 0.409. The van der Waals surface area contributed by atoms with Gasteiger partial charge in [0, 0.05) is 6.07 Å². The average Bonchev–Trinajstić information content (AvgIpc) is 3.05. The second-order valence-corrected chi connectivity index (χ2v) is 8.33. The van der Waals surface area contributed by atoms with Crippen molar-refractivity contribution < 1.29 is 49.3 Å². The minimum Gasteiger partial charge on any atom is -0.365 e. The summed E-state index contributed by atoms with van der Waals surface area (Å²) in [5.41, 5.74) is -0.135. The highest BCUT2D eigenvalue weighted by Gasteiger charge is 2.60. The predicted molar refractivity (Wildman–Crippen MR) is 83.8 cm³/mol. The van der Waals surface area contributed by atoms with E-state index in [1.807, 2.05) is 0 Å². The number of halogens is 3. The van der Waals surface area contributed by atoms with E-state index in [1.165, 1.54) is 22.9 Å². The Morgan fingerprint density at radius 1 is 1.32 bits per heavy atom. The third-order valence-electron chi connectivity index (χ3n) is 4.20. The van der Waals surface area contributed by atoms with Crippen molar-refractivity contribution in [2.45, 2.75) is 49.7 Å². The Balaban J connectivity index is 1.84. The predicted octanol–water partition coefficient (Wildman–Crippen LogP) is 0.357. The number of amides is 1. The number of hydrogen-bond acceptors (Lipinski definition) is 7. The van der Waals surface area contributed by atoms with Crippen LogP contribution in [-0.4, -0.2) is 50.5 Å². The summed E-state index contributed by atoms with van der Waals surface area (Å²) in [6.45, 7) is 2.27. The number of nitrogens with two attached hydrogens (primary N) is 1. The first-order valence-corrected chi connectivity index (χ1v) is 9.49. The number of rotatable bonds is 5. The van der Waals surface area contributed by atoms with Gasteiger partial charge in [-0.3, -0.25) is 8.98 Å². The molecule has 2 fully saturated rings. The van der Waals surface area contributed by atoms with Gasteiger partial charge in [0.2, 0.25) is 0 Å². The van der Waals surface area contributed by atoms with Crippen LogP contribution in [-0.2, 0) is 28.5 Å². The molecule has 0 spiro atoms. The van der Waals surface area contributed by atoms with Crippen LogP contribution in [0.25, 0.3) is 0 Å². The van der Waals surface area contributed by atoms with Gasteiger partial charge >= 0.3 is 15.6 Å². The summed E-state index contributed by atoms with van der Waals surface area (Å²) in [5, 5.41) is 0. The van der Waals surface area contributed by atoms with E-state index in [4.69, 9.17) is 19.9 Å². The van der Waals surface area contributed by atoms with Gasteiger partial charge in [-0.15, -0.1) is 0 Å². The summed E-state index contributed by atoms with van der Waals surface area (Å²) < 4.78 is 82.5. The first-order chi connectivity index (χ1) is 12.8. The fourth-order valence-corrected chi connectivity index (χ4v) is 3.50. The Morgan fingerprint density at radius 3 is 2.57 bits per heavy atom. The van der Waals surface area contributed by atoms with E-state index >= 15 is 0 Å². The number of hydrogen-bond donors (Lipinski definition) is 1. The summed E-state index contributed by atoms with van der Waals surface area (Å²) in [5.74, 6) is -1.77. The molecule has 0 radical (unpaired) electrons. The number of carbonyl (C=O) groups is 1. The molecule has 1 aromatic heterocycles. The highest BCUT2D eigenvalue weighted by molar-refractivity contribution is 7.87. The molecule has 2 N–H and O–H groups in total. The number of pyridine rings is 1. The fraction of sp³-hybridized carbons (Fsp3) is 0.600. The molecule has 2 aliphatic heterocycles. The molecule has 4 unspecified atom stereocenters. The molecule has 2 aliphatic rings. The van der Waals surface area contributed by atoms with Crippen LogP contribution >= 0.6 is 0 Å². The number of alkyl halides is 3. The molecule has 0 aliphatic carbocycles. The van der Waals surface area contributed by atoms with Crippen molar-refractivity contribution in [1.29, 1.82) is 0 Å². The lowest BCUT2D eigenvalue weighted by atomic mass is 10.1. The Kier molecular flexibility index (Phi) is 5.17. The highest BCUT2D eigenvalue weighted by atomic mass is 32.2. The zero-order valence-corrected chi connectivity index (χ0v) is 15.6. The number of primary amides is 1. The maximum atomic E-state index is 12.5. The van der Waals surface area contributed by atoms with Gasteiger partial charge in [-0.1, -0.05) is 0 Å². The lowest BCUT2D eigenvalue weighted by molar-refractivity contribution is -0.766. The number of fused-ring (bicyclic) bond motifs is 1. The van der Waals surface area contributed by atoms with Crippen LogP contribution in [0.1, 0.15) is 30.4 Å². The number of carbonyl (C=O) groups excluding carboxylic acids is 1. The number of aromatic nitrogens is 1. The summed E-state index contributed by atoms with van der Waals surface area (Å²) in [4.78, 5) is 11.4. The van der Waals surface area contributed by atoms with E-state index in [9.17, 15) is 26.4 Å². The number of ether oxygens (including phenoxy) is 3. The monoisotopic (exact) mass is 427 g/mol. The molecule has 3 rings (SSSR count). The van der Waals surface area contributed by atoms with Crippen molar-refractivity contribution >= 4 is 16.0 Å². The highest BCUT2D eigenvalue weighted by Crippen LogP contribution is 2.41. The van der Waals surface area contributed by atoms with Crippen molar-refractivity contribution in [1.82, 2.24) is 0 Å². The van der Waals surface area contributed by atoms with Crippen LogP contribution < -0.4 is 10.3 Å². The van der Waals surface area contributed by atoms with E-state index in [-0.39, 0.29) is 5.56 Å². The lowest BCUT2D eigenvalue weighted by Gasteiger charge is -2.22. The van der Waals surface area contributed by atoms with Crippen LogP contribution in [0.15, 0.2) is 24.5 Å². The lowest BCUT2D eigenvalue weighted by Crippen LogP contribution is -2.46. The maximum absolute atomic E-state index is 12.5. The van der Waals surface area contributed by atoms with E-state index in [0.29, 0.717) is 0 Å².